The number of aromatic hydroxyl groups is 1. The van der Waals surface area contributed by atoms with Crippen molar-refractivity contribution in [2.24, 2.45) is 0 Å². The maximum absolute atomic E-state index is 12.4. The van der Waals surface area contributed by atoms with Crippen LogP contribution in [0, 0.1) is 0 Å². The molecule has 0 radical (unpaired) electrons. The summed E-state index contributed by atoms with van der Waals surface area (Å²) < 4.78 is 16.1. The number of esters is 2. The van der Waals surface area contributed by atoms with Crippen molar-refractivity contribution in [3.8, 4) is 11.5 Å². The molecule has 1 fully saturated rings. The van der Waals surface area contributed by atoms with Gasteiger partial charge in [0.05, 0.1) is 6.61 Å². The number of hydrogen-bond acceptors (Lipinski definition) is 6. The van der Waals surface area contributed by atoms with Gasteiger partial charge in [-0.25, -0.2) is 9.59 Å². The van der Waals surface area contributed by atoms with E-state index in [9.17, 15) is 14.7 Å². The quantitative estimate of drug-likeness (QED) is 0.516. The fourth-order valence-corrected chi connectivity index (χ4v) is 2.60. The van der Waals surface area contributed by atoms with Crippen LogP contribution in [0.5, 0.6) is 11.5 Å². The summed E-state index contributed by atoms with van der Waals surface area (Å²) in [5, 5.41) is 9.74. The van der Waals surface area contributed by atoms with Gasteiger partial charge < -0.3 is 19.3 Å². The molecule has 1 saturated heterocycles. The summed E-state index contributed by atoms with van der Waals surface area (Å²) >= 11 is 0. The summed E-state index contributed by atoms with van der Waals surface area (Å²) in [7, 11) is 0. The number of cyclic esters (lactones) is 2. The van der Waals surface area contributed by atoms with Crippen LogP contribution in [-0.4, -0.2) is 23.7 Å². The predicted octanol–water partition coefficient (Wildman–Crippen LogP) is 3.15. The molecular weight excluding hydrogens is 336 g/mol. The summed E-state index contributed by atoms with van der Waals surface area (Å²) in [6.45, 7) is 3.67. The largest absolute Gasteiger partial charge is 0.504 e. The zero-order valence-corrected chi connectivity index (χ0v) is 14.4. The van der Waals surface area contributed by atoms with E-state index in [0.29, 0.717) is 17.7 Å². The van der Waals surface area contributed by atoms with Crippen LogP contribution in [0.1, 0.15) is 25.0 Å². The van der Waals surface area contributed by atoms with Crippen molar-refractivity contribution in [1.29, 1.82) is 0 Å². The van der Waals surface area contributed by atoms with Crippen LogP contribution in [0.25, 0.3) is 6.08 Å². The van der Waals surface area contributed by atoms with Crippen LogP contribution in [0.4, 0.5) is 0 Å². The van der Waals surface area contributed by atoms with Gasteiger partial charge in [-0.3, -0.25) is 0 Å². The Morgan fingerprint density at radius 2 is 1.73 bits per heavy atom. The molecule has 3 rings (SSSR count). The number of hydrogen-bond donors (Lipinski definition) is 1. The molecule has 0 spiro atoms. The number of benzene rings is 2. The molecule has 1 N–H and O–H groups in total. The number of ether oxygens (including phenoxy) is 3. The van der Waals surface area contributed by atoms with E-state index in [2.05, 4.69) is 0 Å². The van der Waals surface area contributed by atoms with Gasteiger partial charge >= 0.3 is 11.9 Å². The number of rotatable bonds is 4. The molecule has 1 heterocycles. The lowest BCUT2D eigenvalue weighted by Crippen LogP contribution is -2.42. The molecule has 2 aromatic rings. The number of carbonyl (C=O) groups is 2. The molecule has 0 amide bonds. The standard InChI is InChI=1S/C20H18O6/c1-3-24-17-12-13(9-10-16(17)21)11-15-18(22)25-20(2,26-19(15)23)14-7-5-4-6-8-14/h4-12,21H,3H2,1-2H3. The van der Waals surface area contributed by atoms with E-state index < -0.39 is 17.7 Å². The lowest BCUT2D eigenvalue weighted by Gasteiger charge is -2.33. The Hall–Kier alpha value is -3.28. The highest BCUT2D eigenvalue weighted by atomic mass is 16.7. The van der Waals surface area contributed by atoms with Crippen molar-refractivity contribution in [1.82, 2.24) is 0 Å². The van der Waals surface area contributed by atoms with Crippen molar-refractivity contribution < 1.29 is 28.9 Å². The first-order valence-corrected chi connectivity index (χ1v) is 8.12. The van der Waals surface area contributed by atoms with E-state index in [1.54, 1.807) is 37.3 Å². The van der Waals surface area contributed by atoms with E-state index in [4.69, 9.17) is 14.2 Å². The first-order chi connectivity index (χ1) is 12.4. The van der Waals surface area contributed by atoms with Crippen LogP contribution in [0.3, 0.4) is 0 Å². The van der Waals surface area contributed by atoms with Crippen LogP contribution in [-0.2, 0) is 24.8 Å². The second-order valence-corrected chi connectivity index (χ2v) is 5.81. The molecule has 1 aliphatic rings. The van der Waals surface area contributed by atoms with Crippen LogP contribution < -0.4 is 4.74 Å². The van der Waals surface area contributed by atoms with Crippen LogP contribution in [0.15, 0.2) is 54.1 Å². The molecule has 0 unspecified atom stereocenters. The normalized spacial score (nSPS) is 19.5. The van der Waals surface area contributed by atoms with Gasteiger partial charge in [-0.15, -0.1) is 0 Å². The third kappa shape index (κ3) is 3.39. The molecule has 0 aliphatic carbocycles. The average Bonchev–Trinajstić information content (AvgIpc) is 2.62. The lowest BCUT2D eigenvalue weighted by atomic mass is 10.0. The van der Waals surface area contributed by atoms with Crippen molar-refractivity contribution in [2.45, 2.75) is 19.6 Å². The van der Waals surface area contributed by atoms with Crippen molar-refractivity contribution in [3.63, 3.8) is 0 Å². The topological polar surface area (TPSA) is 82.1 Å². The zero-order chi connectivity index (χ0) is 18.7. The molecule has 2 aromatic carbocycles. The third-order valence-corrected chi connectivity index (χ3v) is 3.91. The molecule has 6 heteroatoms. The van der Waals surface area contributed by atoms with Crippen LogP contribution >= 0.6 is 0 Å². The molecular formula is C20H18O6. The zero-order valence-electron chi connectivity index (χ0n) is 14.4. The second-order valence-electron chi connectivity index (χ2n) is 5.81. The SMILES string of the molecule is CCOc1cc(C=C2C(=O)OC(C)(c3ccccc3)OC2=O)ccc1O. The van der Waals surface area contributed by atoms with Gasteiger partial charge in [0.2, 0.25) is 0 Å². The molecule has 6 nitrogen and oxygen atoms in total. The number of phenolic OH excluding ortho intramolecular Hbond substituents is 1. The summed E-state index contributed by atoms with van der Waals surface area (Å²) in [5.41, 5.74) is 0.828. The molecule has 1 aliphatic heterocycles. The summed E-state index contributed by atoms with van der Waals surface area (Å²) in [6.07, 6.45) is 1.34. The second kappa shape index (κ2) is 6.92. The highest BCUT2D eigenvalue weighted by molar-refractivity contribution is 6.18. The summed E-state index contributed by atoms with van der Waals surface area (Å²) in [5.74, 6) is -2.80. The van der Waals surface area contributed by atoms with Gasteiger partial charge in [0, 0.05) is 12.5 Å². The van der Waals surface area contributed by atoms with Gasteiger partial charge in [0.1, 0.15) is 5.57 Å². The van der Waals surface area contributed by atoms with E-state index in [-0.39, 0.29) is 17.1 Å². The molecule has 26 heavy (non-hydrogen) atoms. The molecule has 0 saturated carbocycles. The predicted molar refractivity (Wildman–Crippen MR) is 93.2 cm³/mol. The summed E-state index contributed by atoms with van der Waals surface area (Å²) in [6, 6.07) is 13.3. The van der Waals surface area contributed by atoms with E-state index >= 15 is 0 Å². The maximum Gasteiger partial charge on any atom is 0.349 e. The van der Waals surface area contributed by atoms with Gasteiger partial charge in [-0.1, -0.05) is 36.4 Å². The number of carbonyl (C=O) groups excluding carboxylic acids is 2. The van der Waals surface area contributed by atoms with E-state index in [1.165, 1.54) is 25.1 Å². The van der Waals surface area contributed by atoms with Gasteiger partial charge in [-0.05, 0) is 30.7 Å². The van der Waals surface area contributed by atoms with Crippen molar-refractivity contribution in [2.75, 3.05) is 6.61 Å². The highest BCUT2D eigenvalue weighted by Crippen LogP contribution is 2.34. The summed E-state index contributed by atoms with van der Waals surface area (Å²) in [4.78, 5) is 24.8. The Bertz CT molecular complexity index is 849. The molecule has 0 atom stereocenters. The number of phenols is 1. The Morgan fingerprint density at radius 1 is 1.08 bits per heavy atom. The monoisotopic (exact) mass is 354 g/mol. The Labute approximate surface area is 150 Å². The van der Waals surface area contributed by atoms with E-state index in [1.807, 2.05) is 6.07 Å². The van der Waals surface area contributed by atoms with E-state index in [0.717, 1.165) is 0 Å². The van der Waals surface area contributed by atoms with Crippen molar-refractivity contribution in [3.05, 3.63) is 65.2 Å². The van der Waals surface area contributed by atoms with Crippen molar-refractivity contribution >= 4 is 18.0 Å². The minimum Gasteiger partial charge on any atom is -0.504 e. The van der Waals surface area contributed by atoms with Gasteiger partial charge in [0.15, 0.2) is 11.5 Å². The van der Waals surface area contributed by atoms with Crippen LogP contribution in [0.2, 0.25) is 0 Å². The molecule has 0 bridgehead atoms. The fourth-order valence-electron chi connectivity index (χ4n) is 2.60. The van der Waals surface area contributed by atoms with Gasteiger partial charge in [-0.2, -0.15) is 0 Å². The minimum absolute atomic E-state index is 0.0283. The molecule has 0 aromatic heterocycles. The Morgan fingerprint density at radius 3 is 2.35 bits per heavy atom. The Kier molecular flexibility index (Phi) is 4.67. The maximum atomic E-state index is 12.4. The fraction of sp³-hybridized carbons (Fsp3) is 0.200. The minimum atomic E-state index is -1.47. The Balaban J connectivity index is 1.89. The smallest absolute Gasteiger partial charge is 0.349 e. The molecule has 134 valence electrons. The lowest BCUT2D eigenvalue weighted by molar-refractivity contribution is -0.233. The first kappa shape index (κ1) is 17.5. The third-order valence-electron chi connectivity index (χ3n) is 3.91. The van der Waals surface area contributed by atoms with Gasteiger partial charge in [0.25, 0.3) is 5.79 Å². The first-order valence-electron chi connectivity index (χ1n) is 8.12. The highest BCUT2D eigenvalue weighted by Gasteiger charge is 2.43. The average molecular weight is 354 g/mol.